The van der Waals surface area contributed by atoms with Crippen LogP contribution in [0.1, 0.15) is 22.7 Å². The van der Waals surface area contributed by atoms with E-state index in [1.807, 2.05) is 35.2 Å². The van der Waals surface area contributed by atoms with E-state index in [2.05, 4.69) is 6.07 Å². The number of phenols is 1. The van der Waals surface area contributed by atoms with Crippen LogP contribution in [0, 0.1) is 11.3 Å². The van der Waals surface area contributed by atoms with E-state index in [1.54, 1.807) is 36.4 Å². The fraction of sp³-hybridized carbons (Fsp3) is 0.130. The molecule has 1 unspecified atom stereocenters. The number of nitriles is 1. The molecule has 29 heavy (non-hydrogen) atoms. The molecule has 0 fully saturated rings. The summed E-state index contributed by atoms with van der Waals surface area (Å²) >= 11 is 0. The van der Waals surface area contributed by atoms with Crippen LogP contribution >= 0.6 is 0 Å². The van der Waals surface area contributed by atoms with Gasteiger partial charge in [-0.1, -0.05) is 36.4 Å². The van der Waals surface area contributed by atoms with Gasteiger partial charge >= 0.3 is 0 Å². The smallest absolute Gasteiger partial charge is 0.244 e. The van der Waals surface area contributed by atoms with Gasteiger partial charge in [-0.15, -0.1) is 0 Å². The molecule has 1 atom stereocenters. The zero-order valence-corrected chi connectivity index (χ0v) is 15.9. The van der Waals surface area contributed by atoms with Gasteiger partial charge < -0.3 is 20.5 Å². The molecule has 0 radical (unpaired) electrons. The van der Waals surface area contributed by atoms with Gasteiger partial charge in [0.1, 0.15) is 6.04 Å². The number of rotatable bonds is 7. The predicted molar refractivity (Wildman–Crippen MR) is 110 cm³/mol. The lowest BCUT2D eigenvalue weighted by Gasteiger charge is -2.32. The molecule has 6 heteroatoms. The maximum absolute atomic E-state index is 12.5. The van der Waals surface area contributed by atoms with Crippen molar-refractivity contribution < 1.29 is 14.6 Å². The zero-order chi connectivity index (χ0) is 20.8. The highest BCUT2D eigenvalue weighted by molar-refractivity contribution is 5.85. The summed E-state index contributed by atoms with van der Waals surface area (Å²) in [6.07, 6.45) is 0. The van der Waals surface area contributed by atoms with E-state index in [0.717, 1.165) is 11.3 Å². The molecule has 0 aromatic heterocycles. The number of phenolic OH excluding ortho intramolecular Hbond substituents is 1. The summed E-state index contributed by atoms with van der Waals surface area (Å²) in [5.74, 6) is -0.307. The number of amides is 1. The first-order valence-corrected chi connectivity index (χ1v) is 9.00. The highest BCUT2D eigenvalue weighted by atomic mass is 16.5. The van der Waals surface area contributed by atoms with Gasteiger partial charge in [-0.3, -0.25) is 4.79 Å². The number of primary amides is 1. The number of benzene rings is 3. The fourth-order valence-electron chi connectivity index (χ4n) is 3.20. The van der Waals surface area contributed by atoms with Crippen LogP contribution in [0.3, 0.4) is 0 Å². The van der Waals surface area contributed by atoms with E-state index in [0.29, 0.717) is 17.7 Å². The summed E-state index contributed by atoms with van der Waals surface area (Å²) < 4.78 is 5.19. The van der Waals surface area contributed by atoms with E-state index < -0.39 is 11.9 Å². The number of ether oxygens (including phenoxy) is 1. The van der Waals surface area contributed by atoms with Crippen molar-refractivity contribution >= 4 is 11.6 Å². The Morgan fingerprint density at radius 1 is 1.14 bits per heavy atom. The highest BCUT2D eigenvalue weighted by Gasteiger charge is 2.27. The number of methoxy groups -OCH3 is 1. The van der Waals surface area contributed by atoms with Crippen molar-refractivity contribution in [2.24, 2.45) is 5.73 Å². The van der Waals surface area contributed by atoms with E-state index >= 15 is 0 Å². The molecule has 3 aromatic rings. The van der Waals surface area contributed by atoms with Crippen LogP contribution in [0.25, 0.3) is 0 Å². The quantitative estimate of drug-likeness (QED) is 0.646. The van der Waals surface area contributed by atoms with Gasteiger partial charge in [-0.25, -0.2) is 0 Å². The summed E-state index contributed by atoms with van der Waals surface area (Å²) in [4.78, 5) is 14.4. The Balaban J connectivity index is 2.10. The lowest BCUT2D eigenvalue weighted by atomic mass is 10.0. The first kappa shape index (κ1) is 19.8. The molecule has 0 saturated heterocycles. The Hall–Kier alpha value is -3.98. The van der Waals surface area contributed by atoms with Crippen molar-refractivity contribution in [2.45, 2.75) is 12.6 Å². The van der Waals surface area contributed by atoms with Crippen LogP contribution in [0.15, 0.2) is 72.8 Å². The van der Waals surface area contributed by atoms with Gasteiger partial charge in [0.25, 0.3) is 0 Å². The van der Waals surface area contributed by atoms with E-state index in [-0.39, 0.29) is 11.5 Å². The van der Waals surface area contributed by atoms with Gasteiger partial charge in [0.15, 0.2) is 11.5 Å². The molecule has 146 valence electrons. The van der Waals surface area contributed by atoms with E-state index in [9.17, 15) is 9.90 Å². The van der Waals surface area contributed by atoms with E-state index in [4.69, 9.17) is 15.7 Å². The molecule has 3 rings (SSSR count). The largest absolute Gasteiger partial charge is 0.504 e. The second-order valence-corrected chi connectivity index (χ2v) is 6.51. The SMILES string of the molecule is COc1cc(C(C(N)=O)N(Cc2ccccc2)c2ccc(C#N)cc2)ccc1O. The first-order valence-electron chi connectivity index (χ1n) is 9.00. The number of hydrogen-bond acceptors (Lipinski definition) is 5. The number of aromatic hydroxyl groups is 1. The van der Waals surface area contributed by atoms with Crippen LogP contribution in [-0.4, -0.2) is 18.1 Å². The Morgan fingerprint density at radius 2 is 1.83 bits per heavy atom. The molecule has 0 aliphatic heterocycles. The first-order chi connectivity index (χ1) is 14.0. The van der Waals surface area contributed by atoms with Gasteiger partial charge in [0, 0.05) is 12.2 Å². The number of carbonyl (C=O) groups excluding carboxylic acids is 1. The monoisotopic (exact) mass is 387 g/mol. The van der Waals surface area contributed by atoms with Crippen LogP contribution in [-0.2, 0) is 11.3 Å². The van der Waals surface area contributed by atoms with Crippen molar-refractivity contribution in [3.63, 3.8) is 0 Å². The van der Waals surface area contributed by atoms with Crippen molar-refractivity contribution in [1.29, 1.82) is 5.26 Å². The third-order valence-electron chi connectivity index (χ3n) is 4.62. The lowest BCUT2D eigenvalue weighted by molar-refractivity contribution is -0.119. The molecule has 1 amide bonds. The summed E-state index contributed by atoms with van der Waals surface area (Å²) in [7, 11) is 1.44. The summed E-state index contributed by atoms with van der Waals surface area (Å²) in [5.41, 5.74) is 8.66. The third-order valence-corrected chi connectivity index (χ3v) is 4.62. The molecule has 0 bridgehead atoms. The lowest BCUT2D eigenvalue weighted by Crippen LogP contribution is -2.37. The molecular weight excluding hydrogens is 366 g/mol. The highest BCUT2D eigenvalue weighted by Crippen LogP contribution is 2.34. The molecule has 3 N–H and O–H groups in total. The number of anilines is 1. The van der Waals surface area contributed by atoms with Crippen LogP contribution in [0.4, 0.5) is 5.69 Å². The Kier molecular flexibility index (Phi) is 6.00. The zero-order valence-electron chi connectivity index (χ0n) is 15.9. The van der Waals surface area contributed by atoms with Crippen molar-refractivity contribution in [2.75, 3.05) is 12.0 Å². The maximum atomic E-state index is 12.5. The van der Waals surface area contributed by atoms with Crippen LogP contribution in [0.2, 0.25) is 0 Å². The van der Waals surface area contributed by atoms with Crippen LogP contribution in [0.5, 0.6) is 11.5 Å². The normalized spacial score (nSPS) is 11.3. The standard InChI is InChI=1S/C23H21N3O3/c1-29-21-13-18(9-12-20(21)27)22(23(25)28)26(15-17-5-3-2-4-6-17)19-10-7-16(14-24)8-11-19/h2-13,22,27H,15H2,1H3,(H2,25,28). The second-order valence-electron chi connectivity index (χ2n) is 6.51. The van der Waals surface area contributed by atoms with Crippen molar-refractivity contribution in [1.82, 2.24) is 0 Å². The number of nitrogens with zero attached hydrogens (tertiary/aromatic N) is 2. The molecule has 3 aromatic carbocycles. The molecule has 0 spiro atoms. The molecule has 6 nitrogen and oxygen atoms in total. The average Bonchev–Trinajstić information content (AvgIpc) is 2.75. The molecule has 0 aliphatic carbocycles. The minimum atomic E-state index is -0.808. The molecule has 0 aliphatic rings. The number of carbonyl (C=O) groups is 1. The number of hydrogen-bond donors (Lipinski definition) is 2. The second kappa shape index (κ2) is 8.81. The molecule has 0 saturated carbocycles. The Labute approximate surface area is 169 Å². The minimum Gasteiger partial charge on any atom is -0.504 e. The fourth-order valence-corrected chi connectivity index (χ4v) is 3.20. The third kappa shape index (κ3) is 4.47. The van der Waals surface area contributed by atoms with Gasteiger partial charge in [0.2, 0.25) is 5.91 Å². The number of nitrogens with two attached hydrogens (primary N) is 1. The molecule has 0 heterocycles. The van der Waals surface area contributed by atoms with Gasteiger partial charge in [0.05, 0.1) is 18.7 Å². The van der Waals surface area contributed by atoms with Crippen molar-refractivity contribution in [3.8, 4) is 17.6 Å². The maximum Gasteiger partial charge on any atom is 0.244 e. The molecular formula is C23H21N3O3. The summed E-state index contributed by atoms with van der Waals surface area (Å²) in [6.45, 7) is 0.420. The summed E-state index contributed by atoms with van der Waals surface area (Å²) in [6, 6.07) is 22.7. The Bertz CT molecular complexity index is 1030. The van der Waals surface area contributed by atoms with Gasteiger partial charge in [-0.2, -0.15) is 5.26 Å². The minimum absolute atomic E-state index is 0.0209. The van der Waals surface area contributed by atoms with E-state index in [1.165, 1.54) is 13.2 Å². The topological polar surface area (TPSA) is 99.6 Å². The van der Waals surface area contributed by atoms with Gasteiger partial charge in [-0.05, 0) is 47.5 Å². The predicted octanol–water partition coefficient (Wildman–Crippen LogP) is 3.51. The average molecular weight is 387 g/mol. The summed E-state index contributed by atoms with van der Waals surface area (Å²) in [5, 5.41) is 19.0. The van der Waals surface area contributed by atoms with Crippen molar-refractivity contribution in [3.05, 3.63) is 89.5 Å². The van der Waals surface area contributed by atoms with Crippen LogP contribution < -0.4 is 15.4 Å². The Morgan fingerprint density at radius 3 is 2.41 bits per heavy atom.